The van der Waals surface area contributed by atoms with E-state index in [1.54, 1.807) is 0 Å². The van der Waals surface area contributed by atoms with Crippen LogP contribution in [-0.2, 0) is 6.54 Å². The zero-order valence-electron chi connectivity index (χ0n) is 13.5. The van der Waals surface area contributed by atoms with Crippen LogP contribution in [-0.4, -0.2) is 23.0 Å². The predicted molar refractivity (Wildman–Crippen MR) is 85.6 cm³/mol. The first-order valence-corrected chi connectivity index (χ1v) is 7.94. The number of likely N-dealkylation sites (tertiary alicyclic amines) is 1. The molecule has 1 aromatic rings. The molecule has 0 aromatic carbocycles. The van der Waals surface area contributed by atoms with Gasteiger partial charge in [-0.2, -0.15) is 0 Å². The summed E-state index contributed by atoms with van der Waals surface area (Å²) in [5, 5.41) is 0. The Morgan fingerprint density at radius 1 is 1.20 bits per heavy atom. The van der Waals surface area contributed by atoms with Crippen molar-refractivity contribution in [1.82, 2.24) is 9.88 Å². The van der Waals surface area contributed by atoms with Gasteiger partial charge in [-0.05, 0) is 56.3 Å². The Labute approximate surface area is 123 Å². The zero-order valence-corrected chi connectivity index (χ0v) is 13.5. The van der Waals surface area contributed by atoms with Gasteiger partial charge in [-0.15, -0.1) is 0 Å². The van der Waals surface area contributed by atoms with Crippen LogP contribution in [0.1, 0.15) is 56.4 Å². The van der Waals surface area contributed by atoms with E-state index in [-0.39, 0.29) is 0 Å². The van der Waals surface area contributed by atoms with E-state index in [0.717, 1.165) is 29.1 Å². The summed E-state index contributed by atoms with van der Waals surface area (Å²) in [6, 6.07) is 0. The summed E-state index contributed by atoms with van der Waals surface area (Å²) in [6.45, 7) is 12.1. The van der Waals surface area contributed by atoms with Gasteiger partial charge in [0.15, 0.2) is 0 Å². The molecule has 2 N–H and O–H groups in total. The van der Waals surface area contributed by atoms with E-state index in [1.165, 1.54) is 38.8 Å². The lowest BCUT2D eigenvalue weighted by molar-refractivity contribution is 0.0899. The van der Waals surface area contributed by atoms with E-state index in [1.807, 2.05) is 13.1 Å². The molecular formula is C17H29N3. The average molecular weight is 275 g/mol. The summed E-state index contributed by atoms with van der Waals surface area (Å²) in [6.07, 6.45) is 7.17. The quantitative estimate of drug-likeness (QED) is 0.911. The number of aromatic nitrogens is 1. The summed E-state index contributed by atoms with van der Waals surface area (Å²) in [5.74, 6) is 0. The Morgan fingerprint density at radius 3 is 2.35 bits per heavy atom. The molecule has 20 heavy (non-hydrogen) atoms. The van der Waals surface area contributed by atoms with Crippen molar-refractivity contribution in [3.63, 3.8) is 0 Å². The normalized spacial score (nSPS) is 19.2. The summed E-state index contributed by atoms with van der Waals surface area (Å²) >= 11 is 0. The second kappa shape index (κ2) is 6.13. The van der Waals surface area contributed by atoms with Gasteiger partial charge in [0.1, 0.15) is 0 Å². The van der Waals surface area contributed by atoms with Crippen LogP contribution >= 0.6 is 0 Å². The van der Waals surface area contributed by atoms with Crippen molar-refractivity contribution in [2.24, 2.45) is 5.41 Å². The number of rotatable bonds is 4. The minimum absolute atomic E-state index is 0.589. The van der Waals surface area contributed by atoms with Gasteiger partial charge in [0.2, 0.25) is 0 Å². The summed E-state index contributed by atoms with van der Waals surface area (Å²) in [5.41, 5.74) is 11.0. The van der Waals surface area contributed by atoms with Crippen molar-refractivity contribution in [1.29, 1.82) is 0 Å². The van der Waals surface area contributed by atoms with Crippen LogP contribution in [0, 0.1) is 19.3 Å². The van der Waals surface area contributed by atoms with E-state index in [0.29, 0.717) is 5.41 Å². The molecule has 0 aliphatic carbocycles. The Bertz CT molecular complexity index is 454. The second-order valence-electron chi connectivity index (χ2n) is 6.41. The molecular weight excluding hydrogens is 246 g/mol. The first-order chi connectivity index (χ1) is 9.51. The van der Waals surface area contributed by atoms with Crippen LogP contribution < -0.4 is 5.73 Å². The molecule has 1 fully saturated rings. The van der Waals surface area contributed by atoms with Gasteiger partial charge in [0.05, 0.1) is 5.69 Å². The standard InChI is InChI=1S/C17H29N3/c1-5-17(6-2)7-9-20(10-8-17)12-15-14(4)16(18)13(3)11-19-15/h11H,5-10,12H2,1-4H3,(H2,18,19). The van der Waals surface area contributed by atoms with E-state index >= 15 is 0 Å². The first kappa shape index (κ1) is 15.3. The lowest BCUT2D eigenvalue weighted by Crippen LogP contribution is -2.39. The molecule has 1 aliphatic heterocycles. The molecule has 0 atom stereocenters. The Hall–Kier alpha value is -1.09. The molecule has 0 saturated carbocycles. The van der Waals surface area contributed by atoms with Gasteiger partial charge in [-0.3, -0.25) is 9.88 Å². The number of hydrogen-bond donors (Lipinski definition) is 1. The van der Waals surface area contributed by atoms with Gasteiger partial charge in [0.25, 0.3) is 0 Å². The maximum Gasteiger partial charge on any atom is 0.0593 e. The Kier molecular flexibility index (Phi) is 4.69. The highest BCUT2D eigenvalue weighted by Gasteiger charge is 2.31. The van der Waals surface area contributed by atoms with Crippen LogP contribution in [0.2, 0.25) is 0 Å². The van der Waals surface area contributed by atoms with Gasteiger partial charge in [0, 0.05) is 18.4 Å². The number of pyridine rings is 1. The molecule has 112 valence electrons. The molecule has 0 unspecified atom stereocenters. The highest BCUT2D eigenvalue weighted by atomic mass is 15.1. The van der Waals surface area contributed by atoms with Crippen LogP contribution in [0.5, 0.6) is 0 Å². The maximum absolute atomic E-state index is 6.12. The topological polar surface area (TPSA) is 42.2 Å². The highest BCUT2D eigenvalue weighted by Crippen LogP contribution is 2.38. The fourth-order valence-electron chi connectivity index (χ4n) is 3.31. The fraction of sp³-hybridized carbons (Fsp3) is 0.706. The number of nitrogens with zero attached hydrogens (tertiary/aromatic N) is 2. The molecule has 2 heterocycles. The summed E-state index contributed by atoms with van der Waals surface area (Å²) in [7, 11) is 0. The zero-order chi connectivity index (χ0) is 14.8. The van der Waals surface area contributed by atoms with Gasteiger partial charge in [-0.25, -0.2) is 0 Å². The van der Waals surface area contributed by atoms with Crippen molar-refractivity contribution in [3.05, 3.63) is 23.0 Å². The van der Waals surface area contributed by atoms with Crippen molar-refractivity contribution in [3.8, 4) is 0 Å². The SMILES string of the molecule is CCC1(CC)CCN(Cc2ncc(C)c(N)c2C)CC1. The van der Waals surface area contributed by atoms with Crippen molar-refractivity contribution >= 4 is 5.69 Å². The fourth-order valence-corrected chi connectivity index (χ4v) is 3.31. The van der Waals surface area contributed by atoms with Crippen LogP contribution in [0.4, 0.5) is 5.69 Å². The van der Waals surface area contributed by atoms with Crippen molar-refractivity contribution in [2.45, 2.75) is 59.9 Å². The molecule has 2 rings (SSSR count). The van der Waals surface area contributed by atoms with Gasteiger partial charge >= 0.3 is 0 Å². The minimum atomic E-state index is 0.589. The van der Waals surface area contributed by atoms with Crippen LogP contribution in [0.25, 0.3) is 0 Å². The largest absolute Gasteiger partial charge is 0.398 e. The Balaban J connectivity index is 2.01. The monoisotopic (exact) mass is 275 g/mol. The lowest BCUT2D eigenvalue weighted by atomic mass is 9.74. The minimum Gasteiger partial charge on any atom is -0.398 e. The van der Waals surface area contributed by atoms with Crippen LogP contribution in [0.3, 0.4) is 0 Å². The molecule has 0 amide bonds. The smallest absolute Gasteiger partial charge is 0.0593 e. The molecule has 3 nitrogen and oxygen atoms in total. The number of aryl methyl sites for hydroxylation is 1. The van der Waals surface area contributed by atoms with Crippen molar-refractivity contribution < 1.29 is 0 Å². The molecule has 1 aromatic heterocycles. The van der Waals surface area contributed by atoms with E-state index in [2.05, 4.69) is 30.7 Å². The first-order valence-electron chi connectivity index (χ1n) is 7.94. The third-order valence-corrected chi connectivity index (χ3v) is 5.47. The third-order valence-electron chi connectivity index (χ3n) is 5.47. The van der Waals surface area contributed by atoms with E-state index in [4.69, 9.17) is 5.73 Å². The molecule has 1 aliphatic rings. The number of anilines is 1. The Morgan fingerprint density at radius 2 is 1.80 bits per heavy atom. The third kappa shape index (κ3) is 2.98. The summed E-state index contributed by atoms with van der Waals surface area (Å²) < 4.78 is 0. The second-order valence-corrected chi connectivity index (χ2v) is 6.41. The number of nitrogen functional groups attached to an aromatic ring is 1. The van der Waals surface area contributed by atoms with Crippen LogP contribution in [0.15, 0.2) is 6.20 Å². The molecule has 0 spiro atoms. The molecule has 0 bridgehead atoms. The number of piperidine rings is 1. The maximum atomic E-state index is 6.12. The van der Waals surface area contributed by atoms with Gasteiger partial charge < -0.3 is 5.73 Å². The number of nitrogens with two attached hydrogens (primary N) is 1. The predicted octanol–water partition coefficient (Wildman–Crippen LogP) is 3.68. The van der Waals surface area contributed by atoms with E-state index < -0.39 is 0 Å². The lowest BCUT2D eigenvalue weighted by Gasteiger charge is -2.41. The molecule has 1 saturated heterocycles. The molecule has 3 heteroatoms. The highest BCUT2D eigenvalue weighted by molar-refractivity contribution is 5.53. The van der Waals surface area contributed by atoms with Crippen molar-refractivity contribution in [2.75, 3.05) is 18.8 Å². The van der Waals surface area contributed by atoms with Gasteiger partial charge in [-0.1, -0.05) is 26.7 Å². The number of hydrogen-bond acceptors (Lipinski definition) is 3. The summed E-state index contributed by atoms with van der Waals surface area (Å²) in [4.78, 5) is 7.12. The molecule has 0 radical (unpaired) electrons. The average Bonchev–Trinajstić information content (AvgIpc) is 2.49. The van der Waals surface area contributed by atoms with E-state index in [9.17, 15) is 0 Å².